The Bertz CT molecular complexity index is 215. The van der Waals surface area contributed by atoms with Gasteiger partial charge >= 0.3 is 0 Å². The highest BCUT2D eigenvalue weighted by atomic mass is 16.3. The Balaban J connectivity index is 1.46. The van der Waals surface area contributed by atoms with E-state index in [1.54, 1.807) is 0 Å². The van der Waals surface area contributed by atoms with Gasteiger partial charge in [0.25, 0.3) is 0 Å². The van der Waals surface area contributed by atoms with Crippen LogP contribution in [-0.4, -0.2) is 35.2 Å². The summed E-state index contributed by atoms with van der Waals surface area (Å²) in [4.78, 5) is 2.64. The first-order chi connectivity index (χ1) is 7.34. The predicted molar refractivity (Wildman–Crippen MR) is 60.7 cm³/mol. The zero-order chi connectivity index (χ0) is 10.3. The first-order valence-electron chi connectivity index (χ1n) is 6.77. The Kier molecular flexibility index (Phi) is 2.73. The molecule has 1 N–H and O–H groups in total. The summed E-state index contributed by atoms with van der Waals surface area (Å²) in [5.41, 5.74) is 0. The molecule has 1 atom stereocenters. The highest BCUT2D eigenvalue weighted by Crippen LogP contribution is 2.41. The lowest BCUT2D eigenvalue weighted by Gasteiger charge is -2.42. The van der Waals surface area contributed by atoms with E-state index in [0.29, 0.717) is 11.8 Å². The number of rotatable bonds is 3. The maximum Gasteiger partial charge on any atom is 0.0596 e. The highest BCUT2D eigenvalue weighted by Gasteiger charge is 2.38. The molecule has 3 rings (SSSR count). The molecule has 0 aromatic heterocycles. The number of likely N-dealkylation sites (tertiary alicyclic amines) is 1. The first kappa shape index (κ1) is 10.1. The fourth-order valence-corrected chi connectivity index (χ4v) is 3.34. The topological polar surface area (TPSA) is 23.5 Å². The molecule has 0 spiro atoms. The zero-order valence-electron chi connectivity index (χ0n) is 9.57. The van der Waals surface area contributed by atoms with E-state index < -0.39 is 0 Å². The minimum absolute atomic E-state index is 0.0438. The molecule has 3 fully saturated rings. The summed E-state index contributed by atoms with van der Waals surface area (Å²) in [7, 11) is 0. The predicted octanol–water partition coefficient (Wildman–Crippen LogP) is 2.02. The smallest absolute Gasteiger partial charge is 0.0596 e. The molecule has 2 heteroatoms. The fourth-order valence-electron chi connectivity index (χ4n) is 3.34. The summed E-state index contributed by atoms with van der Waals surface area (Å²) in [5, 5.41) is 10.1. The van der Waals surface area contributed by atoms with Crippen molar-refractivity contribution >= 4 is 0 Å². The van der Waals surface area contributed by atoms with Crippen LogP contribution in [0.3, 0.4) is 0 Å². The van der Waals surface area contributed by atoms with E-state index >= 15 is 0 Å². The van der Waals surface area contributed by atoms with Crippen molar-refractivity contribution in [2.24, 2.45) is 11.8 Å². The third-order valence-electron chi connectivity index (χ3n) is 4.74. The molecule has 86 valence electrons. The van der Waals surface area contributed by atoms with Crippen molar-refractivity contribution in [1.82, 2.24) is 4.90 Å². The van der Waals surface area contributed by atoms with Crippen molar-refractivity contribution in [2.45, 2.75) is 57.1 Å². The summed E-state index contributed by atoms with van der Waals surface area (Å²) in [5.74, 6) is 1.31. The van der Waals surface area contributed by atoms with Gasteiger partial charge in [0.15, 0.2) is 0 Å². The van der Waals surface area contributed by atoms with Crippen LogP contribution in [0.2, 0.25) is 0 Å². The van der Waals surface area contributed by atoms with Gasteiger partial charge in [-0.05, 0) is 69.9 Å². The van der Waals surface area contributed by atoms with Crippen LogP contribution in [-0.2, 0) is 0 Å². The summed E-state index contributed by atoms with van der Waals surface area (Å²) in [6, 6.07) is 0.862. The van der Waals surface area contributed by atoms with Crippen molar-refractivity contribution in [3.05, 3.63) is 0 Å². The quantitative estimate of drug-likeness (QED) is 0.768. The van der Waals surface area contributed by atoms with E-state index in [4.69, 9.17) is 0 Å². The summed E-state index contributed by atoms with van der Waals surface area (Å²) >= 11 is 0. The Morgan fingerprint density at radius 2 is 1.40 bits per heavy atom. The lowest BCUT2D eigenvalue weighted by Crippen LogP contribution is -2.47. The van der Waals surface area contributed by atoms with Crippen molar-refractivity contribution in [2.75, 3.05) is 13.1 Å². The van der Waals surface area contributed by atoms with Gasteiger partial charge in [-0.1, -0.05) is 0 Å². The molecule has 0 bridgehead atoms. The number of nitrogens with zero attached hydrogens (tertiary/aromatic N) is 1. The van der Waals surface area contributed by atoms with Crippen molar-refractivity contribution in [3.63, 3.8) is 0 Å². The second-order valence-electron chi connectivity index (χ2n) is 5.79. The van der Waals surface area contributed by atoms with E-state index in [-0.39, 0.29) is 6.10 Å². The van der Waals surface area contributed by atoms with Crippen LogP contribution >= 0.6 is 0 Å². The first-order valence-corrected chi connectivity index (χ1v) is 6.77. The number of aliphatic hydroxyl groups excluding tert-OH is 1. The molecule has 0 amide bonds. The summed E-state index contributed by atoms with van der Waals surface area (Å²) < 4.78 is 0. The zero-order valence-corrected chi connectivity index (χ0v) is 9.57. The van der Waals surface area contributed by atoms with Gasteiger partial charge in [0.1, 0.15) is 0 Å². The van der Waals surface area contributed by atoms with Gasteiger partial charge in [-0.25, -0.2) is 0 Å². The molecule has 15 heavy (non-hydrogen) atoms. The second kappa shape index (κ2) is 4.06. The molecule has 3 aliphatic rings. The number of hydrogen-bond donors (Lipinski definition) is 1. The van der Waals surface area contributed by atoms with E-state index in [1.807, 2.05) is 0 Å². The van der Waals surface area contributed by atoms with Gasteiger partial charge < -0.3 is 10.0 Å². The molecular weight excluding hydrogens is 186 g/mol. The van der Waals surface area contributed by atoms with Crippen molar-refractivity contribution in [3.8, 4) is 0 Å². The Labute approximate surface area is 92.7 Å². The second-order valence-corrected chi connectivity index (χ2v) is 5.79. The van der Waals surface area contributed by atoms with E-state index in [1.165, 1.54) is 58.0 Å². The molecule has 1 heterocycles. The Hall–Kier alpha value is -0.0800. The third-order valence-corrected chi connectivity index (χ3v) is 4.74. The highest BCUT2D eigenvalue weighted by molar-refractivity contribution is 4.90. The van der Waals surface area contributed by atoms with E-state index in [0.717, 1.165) is 6.04 Å². The fraction of sp³-hybridized carbons (Fsp3) is 1.00. The maximum absolute atomic E-state index is 10.1. The average Bonchev–Trinajstić information content (AvgIpc) is 2.98. The maximum atomic E-state index is 10.1. The van der Waals surface area contributed by atoms with Crippen LogP contribution in [0, 0.1) is 11.8 Å². The lowest BCUT2D eigenvalue weighted by atomic mass is 9.80. The molecule has 0 aromatic carbocycles. The normalized spacial score (nSPS) is 39.8. The van der Waals surface area contributed by atoms with Crippen molar-refractivity contribution < 1.29 is 5.11 Å². The minimum atomic E-state index is 0.0438. The molecule has 1 aliphatic heterocycles. The van der Waals surface area contributed by atoms with Crippen LogP contribution < -0.4 is 0 Å². The van der Waals surface area contributed by atoms with Gasteiger partial charge in [0.2, 0.25) is 0 Å². The Morgan fingerprint density at radius 3 is 1.80 bits per heavy atom. The third kappa shape index (κ3) is 2.07. The van der Waals surface area contributed by atoms with Crippen LogP contribution in [0.25, 0.3) is 0 Å². The standard InChI is InChI=1S/C13H23NO/c15-13(10-2-3-10)11-4-6-12(7-5-11)14-8-1-9-14/h10-13,15H,1-9H2. The van der Waals surface area contributed by atoms with Crippen LogP contribution in [0.15, 0.2) is 0 Å². The summed E-state index contributed by atoms with van der Waals surface area (Å²) in [6.07, 6.45) is 9.26. The van der Waals surface area contributed by atoms with Gasteiger partial charge in [0, 0.05) is 6.04 Å². The average molecular weight is 209 g/mol. The molecule has 1 saturated heterocycles. The molecular formula is C13H23NO. The number of aliphatic hydroxyl groups is 1. The SMILES string of the molecule is OC(C1CC1)C1CCC(N2CCC2)CC1. The molecule has 2 saturated carbocycles. The van der Waals surface area contributed by atoms with Gasteiger partial charge in [-0.15, -0.1) is 0 Å². The Morgan fingerprint density at radius 1 is 0.867 bits per heavy atom. The minimum Gasteiger partial charge on any atom is -0.393 e. The van der Waals surface area contributed by atoms with Gasteiger partial charge in [-0.3, -0.25) is 0 Å². The molecule has 0 aromatic rings. The largest absolute Gasteiger partial charge is 0.393 e. The molecule has 1 unspecified atom stereocenters. The van der Waals surface area contributed by atoms with E-state index in [9.17, 15) is 5.11 Å². The van der Waals surface area contributed by atoms with Crippen LogP contribution in [0.4, 0.5) is 0 Å². The summed E-state index contributed by atoms with van der Waals surface area (Å²) in [6.45, 7) is 2.67. The van der Waals surface area contributed by atoms with Gasteiger partial charge in [0.05, 0.1) is 6.10 Å². The van der Waals surface area contributed by atoms with E-state index in [2.05, 4.69) is 4.90 Å². The molecule has 2 nitrogen and oxygen atoms in total. The van der Waals surface area contributed by atoms with Crippen LogP contribution in [0.1, 0.15) is 44.9 Å². The van der Waals surface area contributed by atoms with Crippen LogP contribution in [0.5, 0.6) is 0 Å². The lowest BCUT2D eigenvalue weighted by molar-refractivity contribution is 0.0268. The number of hydrogen-bond acceptors (Lipinski definition) is 2. The molecule has 2 aliphatic carbocycles. The van der Waals surface area contributed by atoms with Gasteiger partial charge in [-0.2, -0.15) is 0 Å². The molecule has 0 radical (unpaired) electrons. The monoisotopic (exact) mass is 209 g/mol. The van der Waals surface area contributed by atoms with Crippen molar-refractivity contribution in [1.29, 1.82) is 0 Å².